The van der Waals surface area contributed by atoms with Gasteiger partial charge < -0.3 is 21.1 Å². The van der Waals surface area contributed by atoms with Gasteiger partial charge in [-0.05, 0) is 63.4 Å². The fraction of sp³-hybridized carbons (Fsp3) is 0.234. The van der Waals surface area contributed by atoms with Crippen LogP contribution in [0.5, 0.6) is 0 Å². The Labute approximate surface area is 327 Å². The van der Waals surface area contributed by atoms with Crippen LogP contribution in [0.15, 0.2) is 127 Å². The zero-order valence-corrected chi connectivity index (χ0v) is 32.0. The van der Waals surface area contributed by atoms with Gasteiger partial charge in [0, 0.05) is 46.6 Å². The Bertz CT molecular complexity index is 2300. The number of carboxylic acid groups (broad SMARTS) is 1. The number of para-hydroxylation sites is 2. The third kappa shape index (κ3) is 7.32. The van der Waals surface area contributed by atoms with Crippen LogP contribution < -0.4 is 16.0 Å². The van der Waals surface area contributed by atoms with Crippen LogP contribution >= 0.6 is 0 Å². The van der Waals surface area contributed by atoms with Gasteiger partial charge in [0.15, 0.2) is 0 Å². The van der Waals surface area contributed by atoms with Crippen LogP contribution in [0.1, 0.15) is 67.1 Å². The van der Waals surface area contributed by atoms with Crippen LogP contribution in [0, 0.1) is 11.8 Å². The molecule has 0 radical (unpaired) electrons. The van der Waals surface area contributed by atoms with Crippen LogP contribution in [-0.4, -0.2) is 52.4 Å². The maximum Gasteiger partial charge on any atom is 0.408 e. The topological polar surface area (TPSA) is 128 Å². The fourth-order valence-corrected chi connectivity index (χ4v) is 8.19. The number of hydrogen-bond donors (Lipinski definition) is 4. The number of amides is 4. The Hall–Kier alpha value is -6.48. The monoisotopic (exact) mass is 746 g/mol. The third-order valence-electron chi connectivity index (χ3n) is 11.1. The van der Waals surface area contributed by atoms with Crippen molar-refractivity contribution < 1.29 is 24.3 Å². The number of anilines is 2. The van der Waals surface area contributed by atoms with Crippen LogP contribution in [0.25, 0.3) is 27.8 Å². The first-order chi connectivity index (χ1) is 27.1. The lowest BCUT2D eigenvalue weighted by Gasteiger charge is -2.33. The van der Waals surface area contributed by atoms with Gasteiger partial charge in [0.1, 0.15) is 6.04 Å². The molecule has 1 aliphatic heterocycles. The first kappa shape index (κ1) is 37.8. The highest BCUT2D eigenvalue weighted by atomic mass is 16.4. The van der Waals surface area contributed by atoms with Crippen LogP contribution in [-0.2, 0) is 9.59 Å². The average Bonchev–Trinajstić information content (AvgIpc) is 3.51. The van der Waals surface area contributed by atoms with E-state index in [1.165, 1.54) is 4.90 Å². The molecule has 0 aromatic heterocycles. The number of hydrogen-bond acceptors (Lipinski definition) is 4. The van der Waals surface area contributed by atoms with Gasteiger partial charge in [-0.3, -0.25) is 19.3 Å². The van der Waals surface area contributed by atoms with E-state index in [9.17, 15) is 24.3 Å². The van der Waals surface area contributed by atoms with E-state index in [-0.39, 0.29) is 42.2 Å². The zero-order chi connectivity index (χ0) is 39.5. The van der Waals surface area contributed by atoms with Gasteiger partial charge in [0.2, 0.25) is 11.8 Å². The van der Waals surface area contributed by atoms with Crippen LogP contribution in [0.3, 0.4) is 0 Å². The lowest BCUT2D eigenvalue weighted by molar-refractivity contribution is -0.122. The molecule has 7 rings (SSSR count). The number of nitrogens with zero attached hydrogens (tertiary/aromatic N) is 1. The highest BCUT2D eigenvalue weighted by Gasteiger charge is 2.38. The van der Waals surface area contributed by atoms with E-state index in [0.29, 0.717) is 28.1 Å². The van der Waals surface area contributed by atoms with E-state index in [1.807, 2.05) is 98.8 Å². The van der Waals surface area contributed by atoms with Gasteiger partial charge in [0.25, 0.3) is 5.91 Å². The Morgan fingerprint density at radius 1 is 0.696 bits per heavy atom. The Morgan fingerprint density at radius 3 is 1.71 bits per heavy atom. The minimum atomic E-state index is -1.17. The van der Waals surface area contributed by atoms with E-state index >= 15 is 0 Å². The molecule has 0 fully saturated rings. The van der Waals surface area contributed by atoms with Gasteiger partial charge in [0.05, 0.1) is 6.04 Å². The Balaban J connectivity index is 1.17. The molecule has 9 heteroatoms. The van der Waals surface area contributed by atoms with Crippen molar-refractivity contribution in [3.8, 4) is 22.3 Å². The summed E-state index contributed by atoms with van der Waals surface area (Å²) < 4.78 is 0. The van der Waals surface area contributed by atoms with Gasteiger partial charge >= 0.3 is 6.09 Å². The third-order valence-corrected chi connectivity index (χ3v) is 11.1. The molecule has 3 atom stereocenters. The van der Waals surface area contributed by atoms with E-state index in [0.717, 1.165) is 39.8 Å². The fourth-order valence-electron chi connectivity index (χ4n) is 8.19. The first-order valence-electron chi connectivity index (χ1n) is 19.2. The Morgan fingerprint density at radius 2 is 1.18 bits per heavy atom. The van der Waals surface area contributed by atoms with E-state index in [4.69, 9.17) is 0 Å². The van der Waals surface area contributed by atoms with E-state index in [1.54, 1.807) is 30.3 Å². The van der Waals surface area contributed by atoms with Crippen molar-refractivity contribution in [2.75, 3.05) is 17.2 Å². The van der Waals surface area contributed by atoms with Crippen LogP contribution in [0.4, 0.5) is 16.2 Å². The molecule has 1 aliphatic carbocycles. The van der Waals surface area contributed by atoms with Gasteiger partial charge in [-0.25, -0.2) is 4.79 Å². The largest absolute Gasteiger partial charge is 0.465 e. The summed E-state index contributed by atoms with van der Waals surface area (Å²) in [7, 11) is 0. The molecule has 4 N–H and O–H groups in total. The average molecular weight is 747 g/mol. The molecule has 0 saturated carbocycles. The van der Waals surface area contributed by atoms with Crippen molar-refractivity contribution >= 4 is 40.8 Å². The standard InChI is InChI=1S/C47H46N4O5/c1-5-29(4)43-38(34-20-10-11-23-37(34)45(53)50-43)26-42(52)48-40-24-14-12-21-35(40)36-22-13-15-25-41(36)49-46(54)44(28(2)3)51(47(55)56)27-39-32-18-8-6-16-30(32)31-17-7-9-19-33(31)39/h6-26,28-29,39,43-44H,5,27H2,1-4H3,(H,48,52)(H,49,54)(H,50,53)(H,55,56). The first-order valence-corrected chi connectivity index (χ1v) is 19.2. The van der Waals surface area contributed by atoms with Crippen molar-refractivity contribution in [2.24, 2.45) is 11.8 Å². The molecular formula is C47H46N4O5. The minimum Gasteiger partial charge on any atom is -0.465 e. The predicted octanol–water partition coefficient (Wildman–Crippen LogP) is 9.29. The molecule has 9 nitrogen and oxygen atoms in total. The second-order valence-corrected chi connectivity index (χ2v) is 14.9. The summed E-state index contributed by atoms with van der Waals surface area (Å²) in [6.07, 6.45) is 1.20. The normalized spacial score (nSPS) is 16.3. The Kier molecular flexibility index (Phi) is 10.9. The molecule has 5 aromatic rings. The lowest BCUT2D eigenvalue weighted by Crippen LogP contribution is -2.51. The van der Waals surface area contributed by atoms with Crippen molar-refractivity contribution in [1.29, 1.82) is 0 Å². The van der Waals surface area contributed by atoms with Crippen molar-refractivity contribution in [1.82, 2.24) is 10.2 Å². The number of carbonyl (C=O) groups is 4. The van der Waals surface area contributed by atoms with Crippen molar-refractivity contribution in [2.45, 2.75) is 52.1 Å². The maximum atomic E-state index is 14.3. The number of carbonyl (C=O) groups excluding carboxylic acids is 3. The smallest absolute Gasteiger partial charge is 0.408 e. The summed E-state index contributed by atoms with van der Waals surface area (Å²) in [5, 5.41) is 19.9. The lowest BCUT2D eigenvalue weighted by atomic mass is 9.82. The molecule has 0 saturated heterocycles. The molecule has 4 amide bonds. The summed E-state index contributed by atoms with van der Waals surface area (Å²) in [5.74, 6) is -1.46. The quantitative estimate of drug-likeness (QED) is 0.100. The maximum absolute atomic E-state index is 14.3. The van der Waals surface area contributed by atoms with E-state index < -0.39 is 18.0 Å². The molecular weight excluding hydrogens is 701 g/mol. The number of benzene rings is 5. The molecule has 2 aliphatic rings. The number of rotatable bonds is 11. The summed E-state index contributed by atoms with van der Waals surface area (Å²) in [4.78, 5) is 55.5. The summed E-state index contributed by atoms with van der Waals surface area (Å²) >= 11 is 0. The zero-order valence-electron chi connectivity index (χ0n) is 32.0. The summed E-state index contributed by atoms with van der Waals surface area (Å²) in [5.41, 5.74) is 8.54. The van der Waals surface area contributed by atoms with Crippen molar-refractivity contribution in [3.05, 3.63) is 150 Å². The second-order valence-electron chi connectivity index (χ2n) is 14.9. The highest BCUT2D eigenvalue weighted by Crippen LogP contribution is 2.45. The van der Waals surface area contributed by atoms with Gasteiger partial charge in [-0.2, -0.15) is 0 Å². The SMILES string of the molecule is CCC(C)C1NC(=O)c2ccccc2C1=CC(=O)Nc1ccccc1-c1ccccc1NC(=O)C(C(C)C)N(CC1c2ccccc2-c2ccccc21)C(=O)O. The minimum absolute atomic E-state index is 0.0885. The van der Waals surface area contributed by atoms with E-state index in [2.05, 4.69) is 41.9 Å². The molecule has 5 aromatic carbocycles. The molecule has 0 bridgehead atoms. The molecule has 56 heavy (non-hydrogen) atoms. The molecule has 1 heterocycles. The summed E-state index contributed by atoms with van der Waals surface area (Å²) in [6.45, 7) is 7.92. The van der Waals surface area contributed by atoms with Gasteiger partial charge in [-0.1, -0.05) is 137 Å². The highest BCUT2D eigenvalue weighted by molar-refractivity contribution is 6.11. The van der Waals surface area contributed by atoms with Crippen molar-refractivity contribution in [3.63, 3.8) is 0 Å². The summed E-state index contributed by atoms with van der Waals surface area (Å²) in [6, 6.07) is 36.7. The van der Waals surface area contributed by atoms with Crippen LogP contribution in [0.2, 0.25) is 0 Å². The second kappa shape index (κ2) is 16.1. The molecule has 3 unspecified atom stereocenters. The number of nitrogens with one attached hydrogen (secondary N) is 3. The predicted molar refractivity (Wildman–Crippen MR) is 221 cm³/mol. The molecule has 284 valence electrons. The molecule has 0 spiro atoms. The van der Waals surface area contributed by atoms with Gasteiger partial charge in [-0.15, -0.1) is 0 Å². The number of fused-ring (bicyclic) bond motifs is 4.